The third kappa shape index (κ3) is 4.39. The van der Waals surface area contributed by atoms with Crippen LogP contribution in [0, 0.1) is 0 Å². The largest absolute Gasteiger partial charge is 0.456 e. The van der Waals surface area contributed by atoms with Crippen molar-refractivity contribution in [2.75, 3.05) is 26.3 Å². The second kappa shape index (κ2) is 8.17. The van der Waals surface area contributed by atoms with Crippen LogP contribution in [0.15, 0.2) is 42.5 Å². The molecule has 0 aromatic heterocycles. The van der Waals surface area contributed by atoms with Crippen molar-refractivity contribution >= 4 is 40.4 Å². The summed E-state index contributed by atoms with van der Waals surface area (Å²) in [6.07, 6.45) is 0.650. The number of ether oxygens (including phenoxy) is 2. The van der Waals surface area contributed by atoms with Crippen LogP contribution < -0.4 is 4.74 Å². The first-order chi connectivity index (χ1) is 11.6. The SMILES string of the molecule is S=C(Cc1ccccc1Oc1ccc(Cl)cc1Cl)N1CCOCC1. The van der Waals surface area contributed by atoms with Gasteiger partial charge in [-0.3, -0.25) is 0 Å². The lowest BCUT2D eigenvalue weighted by molar-refractivity contribution is 0.0684. The lowest BCUT2D eigenvalue weighted by Gasteiger charge is -2.29. The normalized spacial score (nSPS) is 14.5. The van der Waals surface area contributed by atoms with Crippen molar-refractivity contribution in [2.45, 2.75) is 6.42 Å². The predicted molar refractivity (Wildman–Crippen MR) is 102 cm³/mol. The minimum Gasteiger partial charge on any atom is -0.456 e. The Morgan fingerprint density at radius 1 is 1.08 bits per heavy atom. The average Bonchev–Trinajstić information content (AvgIpc) is 2.59. The Bertz CT molecular complexity index is 733. The van der Waals surface area contributed by atoms with E-state index in [4.69, 9.17) is 44.9 Å². The van der Waals surface area contributed by atoms with Crippen LogP contribution in [0.5, 0.6) is 11.5 Å². The Morgan fingerprint density at radius 3 is 2.58 bits per heavy atom. The van der Waals surface area contributed by atoms with Crippen molar-refractivity contribution in [3.8, 4) is 11.5 Å². The standard InChI is InChI=1S/C18H17Cl2NO2S/c19-14-5-6-17(15(20)12-14)23-16-4-2-1-3-13(16)11-18(24)21-7-9-22-10-8-21/h1-6,12H,7-11H2. The number of benzene rings is 2. The minimum absolute atomic E-state index is 0.480. The van der Waals surface area contributed by atoms with Gasteiger partial charge in [0.2, 0.25) is 0 Å². The summed E-state index contributed by atoms with van der Waals surface area (Å²) in [5.74, 6) is 1.32. The van der Waals surface area contributed by atoms with Gasteiger partial charge in [0.15, 0.2) is 0 Å². The molecule has 0 amide bonds. The quantitative estimate of drug-likeness (QED) is 0.695. The highest BCUT2D eigenvalue weighted by Crippen LogP contribution is 2.33. The molecule has 126 valence electrons. The maximum atomic E-state index is 6.20. The number of rotatable bonds is 4. The second-order valence-corrected chi connectivity index (χ2v) is 6.77. The third-order valence-corrected chi connectivity index (χ3v) is 4.72. The summed E-state index contributed by atoms with van der Waals surface area (Å²) in [5, 5.41) is 1.06. The monoisotopic (exact) mass is 381 g/mol. The summed E-state index contributed by atoms with van der Waals surface area (Å²) in [5.41, 5.74) is 1.03. The van der Waals surface area contributed by atoms with Crippen LogP contribution in [0.25, 0.3) is 0 Å². The molecule has 0 saturated carbocycles. The van der Waals surface area contributed by atoms with Gasteiger partial charge in [-0.15, -0.1) is 0 Å². The number of thiocarbonyl (C=S) groups is 1. The first-order valence-corrected chi connectivity index (χ1v) is 8.86. The first-order valence-electron chi connectivity index (χ1n) is 7.70. The minimum atomic E-state index is 0.480. The highest BCUT2D eigenvalue weighted by molar-refractivity contribution is 7.80. The van der Waals surface area contributed by atoms with E-state index in [0.717, 1.165) is 42.6 Å². The molecule has 1 saturated heterocycles. The van der Waals surface area contributed by atoms with E-state index >= 15 is 0 Å². The van der Waals surface area contributed by atoms with Gasteiger partial charge < -0.3 is 14.4 Å². The number of morpholine rings is 1. The molecule has 24 heavy (non-hydrogen) atoms. The van der Waals surface area contributed by atoms with E-state index < -0.39 is 0 Å². The molecule has 2 aromatic rings. The molecule has 0 radical (unpaired) electrons. The van der Waals surface area contributed by atoms with E-state index in [1.807, 2.05) is 24.3 Å². The van der Waals surface area contributed by atoms with Crippen molar-refractivity contribution < 1.29 is 9.47 Å². The highest BCUT2D eigenvalue weighted by atomic mass is 35.5. The Hall–Kier alpha value is -1.33. The molecule has 1 fully saturated rings. The summed E-state index contributed by atoms with van der Waals surface area (Å²) < 4.78 is 11.4. The Morgan fingerprint density at radius 2 is 1.83 bits per heavy atom. The Balaban J connectivity index is 1.76. The molecule has 2 aromatic carbocycles. The van der Waals surface area contributed by atoms with Gasteiger partial charge in [-0.25, -0.2) is 0 Å². The van der Waals surface area contributed by atoms with Gasteiger partial charge in [0.05, 0.1) is 23.2 Å². The lowest BCUT2D eigenvalue weighted by atomic mass is 10.1. The van der Waals surface area contributed by atoms with E-state index in [9.17, 15) is 0 Å². The van der Waals surface area contributed by atoms with E-state index in [-0.39, 0.29) is 0 Å². The van der Waals surface area contributed by atoms with Crippen LogP contribution >= 0.6 is 35.4 Å². The van der Waals surface area contributed by atoms with Gasteiger partial charge in [0, 0.05) is 30.1 Å². The maximum Gasteiger partial charge on any atom is 0.146 e. The molecule has 6 heteroatoms. The summed E-state index contributed by atoms with van der Waals surface area (Å²) in [6, 6.07) is 13.0. The molecular weight excluding hydrogens is 365 g/mol. The molecule has 1 aliphatic heterocycles. The lowest BCUT2D eigenvalue weighted by Crippen LogP contribution is -2.40. The molecule has 0 bridgehead atoms. The summed E-state index contributed by atoms with van der Waals surface area (Å²) in [7, 11) is 0. The maximum absolute atomic E-state index is 6.20. The third-order valence-electron chi connectivity index (χ3n) is 3.79. The number of nitrogens with zero attached hydrogens (tertiary/aromatic N) is 1. The first kappa shape index (κ1) is 17.5. The van der Waals surface area contributed by atoms with Crippen LogP contribution in [0.1, 0.15) is 5.56 Å². The van der Waals surface area contributed by atoms with E-state index in [0.29, 0.717) is 22.2 Å². The molecular formula is C18H17Cl2NO2S. The van der Waals surface area contributed by atoms with Gasteiger partial charge in [0.25, 0.3) is 0 Å². The number of hydrogen-bond donors (Lipinski definition) is 0. The zero-order chi connectivity index (χ0) is 16.9. The Kier molecular flexibility index (Phi) is 5.95. The molecule has 0 atom stereocenters. The van der Waals surface area contributed by atoms with Crippen LogP contribution in [-0.4, -0.2) is 36.2 Å². The average molecular weight is 382 g/mol. The van der Waals surface area contributed by atoms with Gasteiger partial charge in [-0.2, -0.15) is 0 Å². The van der Waals surface area contributed by atoms with Crippen LogP contribution in [0.3, 0.4) is 0 Å². The summed E-state index contributed by atoms with van der Waals surface area (Å²) >= 11 is 17.7. The fraction of sp³-hybridized carbons (Fsp3) is 0.278. The van der Waals surface area contributed by atoms with Crippen molar-refractivity contribution in [1.82, 2.24) is 4.90 Å². The van der Waals surface area contributed by atoms with Crippen LogP contribution in [-0.2, 0) is 11.2 Å². The van der Waals surface area contributed by atoms with Crippen molar-refractivity contribution in [1.29, 1.82) is 0 Å². The molecule has 1 heterocycles. The van der Waals surface area contributed by atoms with Gasteiger partial charge in [-0.05, 0) is 24.3 Å². The zero-order valence-corrected chi connectivity index (χ0v) is 15.3. The molecule has 0 unspecified atom stereocenters. The van der Waals surface area contributed by atoms with E-state index in [1.165, 1.54) is 0 Å². The van der Waals surface area contributed by atoms with Crippen LogP contribution in [0.4, 0.5) is 0 Å². The second-order valence-electron chi connectivity index (χ2n) is 5.45. The fourth-order valence-corrected chi connectivity index (χ4v) is 3.30. The van der Waals surface area contributed by atoms with Gasteiger partial charge in [0.1, 0.15) is 11.5 Å². The summed E-state index contributed by atoms with van der Waals surface area (Å²) in [6.45, 7) is 3.12. The predicted octanol–water partition coefficient (Wildman–Crippen LogP) is 4.99. The van der Waals surface area contributed by atoms with Gasteiger partial charge in [-0.1, -0.05) is 53.6 Å². The highest BCUT2D eigenvalue weighted by Gasteiger charge is 2.16. The van der Waals surface area contributed by atoms with Crippen molar-refractivity contribution in [3.63, 3.8) is 0 Å². The molecule has 3 rings (SSSR count). The smallest absolute Gasteiger partial charge is 0.146 e. The van der Waals surface area contributed by atoms with Crippen molar-refractivity contribution in [2.24, 2.45) is 0 Å². The van der Waals surface area contributed by atoms with Crippen molar-refractivity contribution in [3.05, 3.63) is 58.1 Å². The van der Waals surface area contributed by atoms with E-state index in [1.54, 1.807) is 18.2 Å². The van der Waals surface area contributed by atoms with Crippen LogP contribution in [0.2, 0.25) is 10.0 Å². The molecule has 0 aliphatic carbocycles. The molecule has 1 aliphatic rings. The molecule has 0 spiro atoms. The zero-order valence-electron chi connectivity index (χ0n) is 13.0. The summed E-state index contributed by atoms with van der Waals surface area (Å²) in [4.78, 5) is 3.08. The van der Waals surface area contributed by atoms with E-state index in [2.05, 4.69) is 4.90 Å². The molecule has 0 N–H and O–H groups in total. The fourth-order valence-electron chi connectivity index (χ4n) is 2.51. The topological polar surface area (TPSA) is 21.7 Å². The number of hydrogen-bond acceptors (Lipinski definition) is 3. The molecule has 3 nitrogen and oxygen atoms in total. The number of halogens is 2. The Labute approximate surface area is 157 Å². The number of para-hydroxylation sites is 1. The van der Waals surface area contributed by atoms with Gasteiger partial charge >= 0.3 is 0 Å².